The highest BCUT2D eigenvalue weighted by Crippen LogP contribution is 2.24. The van der Waals surface area contributed by atoms with Gasteiger partial charge in [-0.15, -0.1) is 11.3 Å². The molecule has 2 aromatic heterocycles. The third kappa shape index (κ3) is 3.78. The molecule has 0 unspecified atom stereocenters. The van der Waals surface area contributed by atoms with Crippen LogP contribution < -0.4 is 0 Å². The van der Waals surface area contributed by atoms with Crippen LogP contribution in [0.3, 0.4) is 0 Å². The zero-order valence-electron chi connectivity index (χ0n) is 15.0. The van der Waals surface area contributed by atoms with E-state index < -0.39 is 4.92 Å². The molecule has 1 amide bonds. The summed E-state index contributed by atoms with van der Waals surface area (Å²) < 4.78 is 1.32. The molecule has 0 atom stereocenters. The van der Waals surface area contributed by atoms with Gasteiger partial charge in [0, 0.05) is 49.2 Å². The van der Waals surface area contributed by atoms with E-state index in [1.54, 1.807) is 22.3 Å². The number of nitrogens with zero attached hydrogens (tertiary/aromatic N) is 6. The third-order valence-corrected chi connectivity index (χ3v) is 5.56. The smallest absolute Gasteiger partial charge is 0.295 e. The Labute approximate surface area is 165 Å². The van der Waals surface area contributed by atoms with Crippen molar-refractivity contribution < 1.29 is 9.72 Å². The standard InChI is InChI=1S/C18H18N6O3S/c25-18(22-7-5-21(6-8-22)11-15-2-1-9-28-15)14-3-4-16(17(10-14)24(26)27)23-13-19-12-20-23/h1-4,9-10,12-13H,5-8,11H2. The van der Waals surface area contributed by atoms with Crippen LogP contribution in [-0.2, 0) is 6.54 Å². The zero-order valence-corrected chi connectivity index (χ0v) is 15.8. The van der Waals surface area contributed by atoms with Gasteiger partial charge in [0.2, 0.25) is 0 Å². The summed E-state index contributed by atoms with van der Waals surface area (Å²) in [6.07, 6.45) is 2.69. The number of rotatable bonds is 5. The van der Waals surface area contributed by atoms with Crippen LogP contribution in [0.4, 0.5) is 5.69 Å². The molecule has 0 radical (unpaired) electrons. The summed E-state index contributed by atoms with van der Waals surface area (Å²) in [7, 11) is 0. The number of nitro benzene ring substituents is 1. The molecule has 0 aliphatic carbocycles. The SMILES string of the molecule is O=C(c1ccc(-n2cncn2)c([N+](=O)[O-])c1)N1CCN(Cc2cccs2)CC1. The van der Waals surface area contributed by atoms with Gasteiger partial charge < -0.3 is 4.90 Å². The topological polar surface area (TPSA) is 97.4 Å². The first kappa shape index (κ1) is 18.3. The Morgan fingerprint density at radius 1 is 1.21 bits per heavy atom. The molecule has 0 saturated carbocycles. The maximum absolute atomic E-state index is 12.8. The molecular weight excluding hydrogens is 380 g/mol. The summed E-state index contributed by atoms with van der Waals surface area (Å²) in [4.78, 5) is 33.0. The van der Waals surface area contributed by atoms with Crippen LogP contribution in [0.2, 0.25) is 0 Å². The van der Waals surface area contributed by atoms with Crippen molar-refractivity contribution in [3.63, 3.8) is 0 Å². The highest BCUT2D eigenvalue weighted by atomic mass is 32.1. The van der Waals surface area contributed by atoms with E-state index in [-0.39, 0.29) is 17.3 Å². The quantitative estimate of drug-likeness (QED) is 0.483. The van der Waals surface area contributed by atoms with E-state index in [4.69, 9.17) is 0 Å². The van der Waals surface area contributed by atoms with E-state index in [0.717, 1.165) is 19.6 Å². The second kappa shape index (κ2) is 7.87. The Bertz CT molecular complexity index is 965. The molecule has 144 valence electrons. The third-order valence-electron chi connectivity index (χ3n) is 4.70. The minimum Gasteiger partial charge on any atom is -0.336 e. The lowest BCUT2D eigenvalue weighted by molar-refractivity contribution is -0.384. The van der Waals surface area contributed by atoms with Crippen molar-refractivity contribution in [2.24, 2.45) is 0 Å². The summed E-state index contributed by atoms with van der Waals surface area (Å²) in [5, 5.41) is 17.5. The minimum absolute atomic E-state index is 0.173. The number of amides is 1. The van der Waals surface area contributed by atoms with Crippen LogP contribution in [0, 0.1) is 10.1 Å². The van der Waals surface area contributed by atoms with Crippen LogP contribution >= 0.6 is 11.3 Å². The number of hydrogen-bond acceptors (Lipinski definition) is 7. The summed E-state index contributed by atoms with van der Waals surface area (Å²) >= 11 is 1.73. The van der Waals surface area contributed by atoms with Gasteiger partial charge in [-0.25, -0.2) is 9.67 Å². The number of piperazine rings is 1. The lowest BCUT2D eigenvalue weighted by Crippen LogP contribution is -2.48. The second-order valence-corrected chi connectivity index (χ2v) is 7.48. The highest BCUT2D eigenvalue weighted by Gasteiger charge is 2.25. The van der Waals surface area contributed by atoms with Gasteiger partial charge in [-0.2, -0.15) is 5.10 Å². The zero-order chi connectivity index (χ0) is 19.5. The van der Waals surface area contributed by atoms with E-state index in [9.17, 15) is 14.9 Å². The lowest BCUT2D eigenvalue weighted by Gasteiger charge is -2.34. The van der Waals surface area contributed by atoms with Crippen molar-refractivity contribution in [1.29, 1.82) is 0 Å². The summed E-state index contributed by atoms with van der Waals surface area (Å²) in [6, 6.07) is 8.60. The van der Waals surface area contributed by atoms with Crippen LogP contribution in [0.5, 0.6) is 0 Å². The monoisotopic (exact) mass is 398 g/mol. The van der Waals surface area contributed by atoms with E-state index in [2.05, 4.69) is 26.4 Å². The van der Waals surface area contributed by atoms with Crippen LogP contribution in [0.25, 0.3) is 5.69 Å². The minimum atomic E-state index is -0.507. The van der Waals surface area contributed by atoms with Crippen molar-refractivity contribution in [2.45, 2.75) is 6.54 Å². The number of benzene rings is 1. The van der Waals surface area contributed by atoms with E-state index in [1.807, 2.05) is 6.07 Å². The lowest BCUT2D eigenvalue weighted by atomic mass is 10.1. The molecule has 3 aromatic rings. The predicted octanol–water partition coefficient (Wildman–Crippen LogP) is 2.20. The molecule has 1 aliphatic rings. The van der Waals surface area contributed by atoms with Gasteiger partial charge in [-0.3, -0.25) is 19.8 Å². The number of carbonyl (C=O) groups excluding carboxylic acids is 1. The van der Waals surface area contributed by atoms with E-state index in [0.29, 0.717) is 18.7 Å². The van der Waals surface area contributed by atoms with Crippen LogP contribution in [0.15, 0.2) is 48.4 Å². The molecular formula is C18H18N6O3S. The maximum atomic E-state index is 12.8. The first-order chi connectivity index (χ1) is 13.6. The number of hydrogen-bond donors (Lipinski definition) is 0. The molecule has 4 rings (SSSR count). The molecule has 9 nitrogen and oxygen atoms in total. The van der Waals surface area contributed by atoms with Crippen molar-refractivity contribution in [1.82, 2.24) is 24.6 Å². The highest BCUT2D eigenvalue weighted by molar-refractivity contribution is 7.09. The van der Waals surface area contributed by atoms with Crippen molar-refractivity contribution in [3.8, 4) is 5.69 Å². The summed E-state index contributed by atoms with van der Waals surface area (Å²) in [5.74, 6) is -0.191. The van der Waals surface area contributed by atoms with Gasteiger partial charge >= 0.3 is 0 Å². The molecule has 0 bridgehead atoms. The van der Waals surface area contributed by atoms with Crippen molar-refractivity contribution in [3.05, 3.63) is 68.9 Å². The van der Waals surface area contributed by atoms with Crippen LogP contribution in [0.1, 0.15) is 15.2 Å². The summed E-state index contributed by atoms with van der Waals surface area (Å²) in [5.41, 5.74) is 0.412. The number of nitro groups is 1. The largest absolute Gasteiger partial charge is 0.336 e. The van der Waals surface area contributed by atoms with E-state index in [1.165, 1.54) is 34.3 Å². The Kier molecular flexibility index (Phi) is 5.13. The van der Waals surface area contributed by atoms with E-state index >= 15 is 0 Å². The Balaban J connectivity index is 1.46. The molecule has 28 heavy (non-hydrogen) atoms. The number of carbonyl (C=O) groups is 1. The molecule has 10 heteroatoms. The first-order valence-corrected chi connectivity index (χ1v) is 9.67. The van der Waals surface area contributed by atoms with Gasteiger partial charge in [0.15, 0.2) is 0 Å². The second-order valence-electron chi connectivity index (χ2n) is 6.45. The fourth-order valence-electron chi connectivity index (χ4n) is 3.24. The average molecular weight is 398 g/mol. The Morgan fingerprint density at radius 3 is 2.68 bits per heavy atom. The normalized spacial score (nSPS) is 14.9. The molecule has 1 aliphatic heterocycles. The molecule has 1 saturated heterocycles. The number of aromatic nitrogens is 3. The van der Waals surface area contributed by atoms with Crippen LogP contribution in [-0.4, -0.2) is 61.6 Å². The number of thiophene rings is 1. The fraction of sp³-hybridized carbons (Fsp3) is 0.278. The maximum Gasteiger partial charge on any atom is 0.295 e. The van der Waals surface area contributed by atoms with Gasteiger partial charge in [-0.05, 0) is 23.6 Å². The van der Waals surface area contributed by atoms with Gasteiger partial charge in [-0.1, -0.05) is 6.07 Å². The fourth-order valence-corrected chi connectivity index (χ4v) is 3.99. The summed E-state index contributed by atoms with van der Waals surface area (Å²) in [6.45, 7) is 3.65. The van der Waals surface area contributed by atoms with Gasteiger partial charge in [0.1, 0.15) is 18.3 Å². The molecule has 1 aromatic carbocycles. The van der Waals surface area contributed by atoms with Crippen molar-refractivity contribution >= 4 is 22.9 Å². The molecule has 0 spiro atoms. The van der Waals surface area contributed by atoms with Gasteiger partial charge in [0.05, 0.1) is 4.92 Å². The van der Waals surface area contributed by atoms with Crippen molar-refractivity contribution in [2.75, 3.05) is 26.2 Å². The molecule has 3 heterocycles. The van der Waals surface area contributed by atoms with Gasteiger partial charge in [0.25, 0.3) is 11.6 Å². The first-order valence-electron chi connectivity index (χ1n) is 8.79. The average Bonchev–Trinajstić information content (AvgIpc) is 3.42. The predicted molar refractivity (Wildman–Crippen MR) is 104 cm³/mol. The molecule has 0 N–H and O–H groups in total. The Morgan fingerprint density at radius 2 is 2.04 bits per heavy atom. The molecule has 1 fully saturated rings. The Hall–Kier alpha value is -3.11.